The molecule has 0 saturated carbocycles. The van der Waals surface area contributed by atoms with Crippen LogP contribution in [0, 0.1) is 13.3 Å². The average molecular weight is 219 g/mol. The average Bonchev–Trinajstić information content (AvgIpc) is 1.65. The molecule has 0 aromatic carbocycles. The molecule has 0 heterocycles. The first-order chi connectivity index (χ1) is 3.66. The Morgan fingerprint density at radius 3 is 2.20 bits per heavy atom. The molecule has 0 bridgehead atoms. The van der Waals surface area contributed by atoms with E-state index < -0.39 is 11.9 Å². The molecule has 0 aromatic rings. The fourth-order valence-corrected chi connectivity index (χ4v) is 0.304. The summed E-state index contributed by atoms with van der Waals surface area (Å²) < 4.78 is 0. The SMILES string of the molecule is CC([C-]=O)CC(=O)O.[CH3-].[Y]. The van der Waals surface area contributed by atoms with E-state index in [-0.39, 0.29) is 46.6 Å². The van der Waals surface area contributed by atoms with Crippen LogP contribution in [0.1, 0.15) is 13.3 Å². The molecule has 1 unspecified atom stereocenters. The quantitative estimate of drug-likeness (QED) is 0.709. The van der Waals surface area contributed by atoms with Gasteiger partial charge in [0, 0.05) is 39.1 Å². The minimum atomic E-state index is -0.958. The molecule has 1 radical (unpaired) electrons. The van der Waals surface area contributed by atoms with Gasteiger partial charge in [-0.2, -0.15) is 0 Å². The number of aliphatic carboxylic acids is 1. The molecule has 0 aliphatic rings. The molecule has 0 amide bonds. The van der Waals surface area contributed by atoms with Crippen molar-refractivity contribution in [3.63, 3.8) is 0 Å². The third-order valence-electron chi connectivity index (χ3n) is 0.682. The Bertz CT molecular complexity index is 103. The van der Waals surface area contributed by atoms with Gasteiger partial charge in [-0.1, -0.05) is 6.92 Å². The van der Waals surface area contributed by atoms with Crippen molar-refractivity contribution in [1.82, 2.24) is 0 Å². The van der Waals surface area contributed by atoms with E-state index in [4.69, 9.17) is 5.11 Å². The Hall–Kier alpha value is 0.244. The van der Waals surface area contributed by atoms with E-state index >= 15 is 0 Å². The predicted octanol–water partition coefficient (Wildman–Crippen LogP) is 0.655. The van der Waals surface area contributed by atoms with Gasteiger partial charge in [-0.25, -0.2) is 0 Å². The third kappa shape index (κ3) is 11.1. The molecule has 0 fully saturated rings. The van der Waals surface area contributed by atoms with Crippen molar-refractivity contribution < 1.29 is 47.4 Å². The van der Waals surface area contributed by atoms with Crippen molar-refractivity contribution in [2.75, 3.05) is 0 Å². The second-order valence-corrected chi connectivity index (χ2v) is 1.62. The summed E-state index contributed by atoms with van der Waals surface area (Å²) in [6, 6.07) is 0. The van der Waals surface area contributed by atoms with Crippen molar-refractivity contribution in [3.05, 3.63) is 7.43 Å². The summed E-state index contributed by atoms with van der Waals surface area (Å²) in [5, 5.41) is 8.04. The minimum absolute atomic E-state index is 0. The van der Waals surface area contributed by atoms with Gasteiger partial charge in [0.05, 0.1) is 0 Å². The van der Waals surface area contributed by atoms with Gasteiger partial charge in [-0.15, -0.1) is 5.92 Å². The number of hydrogen-bond donors (Lipinski definition) is 1. The zero-order valence-electron chi connectivity index (χ0n) is 6.13. The molecule has 4 heteroatoms. The van der Waals surface area contributed by atoms with Crippen LogP contribution >= 0.6 is 0 Å². The Morgan fingerprint density at radius 1 is 1.70 bits per heavy atom. The van der Waals surface area contributed by atoms with Crippen LogP contribution in [-0.4, -0.2) is 17.4 Å². The van der Waals surface area contributed by atoms with Gasteiger partial charge in [0.25, 0.3) is 0 Å². The van der Waals surface area contributed by atoms with Crippen LogP contribution in [0.4, 0.5) is 0 Å². The first-order valence-corrected chi connectivity index (χ1v) is 2.26. The van der Waals surface area contributed by atoms with Crippen LogP contribution in [0.3, 0.4) is 0 Å². The van der Waals surface area contributed by atoms with Crippen LogP contribution < -0.4 is 0 Å². The van der Waals surface area contributed by atoms with E-state index in [9.17, 15) is 9.59 Å². The summed E-state index contributed by atoms with van der Waals surface area (Å²) in [5.41, 5.74) is 0. The van der Waals surface area contributed by atoms with E-state index in [1.54, 1.807) is 6.29 Å². The molecule has 1 atom stereocenters. The van der Waals surface area contributed by atoms with E-state index in [1.165, 1.54) is 6.92 Å². The summed E-state index contributed by atoms with van der Waals surface area (Å²) in [7, 11) is 0. The predicted molar refractivity (Wildman–Crippen MR) is 33.5 cm³/mol. The fraction of sp³-hybridized carbons (Fsp3) is 0.500. The molecule has 0 aliphatic carbocycles. The summed E-state index contributed by atoms with van der Waals surface area (Å²) >= 11 is 0. The Kier molecular flexibility index (Phi) is 15.4. The van der Waals surface area contributed by atoms with Gasteiger partial charge in [0.15, 0.2) is 0 Å². The Labute approximate surface area is 86.1 Å². The monoisotopic (exact) mass is 219 g/mol. The van der Waals surface area contributed by atoms with E-state index in [2.05, 4.69) is 0 Å². The number of hydrogen-bond acceptors (Lipinski definition) is 2. The van der Waals surface area contributed by atoms with Crippen molar-refractivity contribution >= 4 is 12.3 Å². The second kappa shape index (κ2) is 9.24. The van der Waals surface area contributed by atoms with E-state index in [1.807, 2.05) is 0 Å². The van der Waals surface area contributed by atoms with E-state index in [0.717, 1.165) is 0 Å². The largest absolute Gasteiger partial charge is 0.542 e. The van der Waals surface area contributed by atoms with Gasteiger partial charge >= 0.3 is 5.97 Å². The molecule has 10 heavy (non-hydrogen) atoms. The molecule has 0 saturated heterocycles. The number of carboxylic acid groups (broad SMARTS) is 1. The molecule has 0 aromatic heterocycles. The summed E-state index contributed by atoms with van der Waals surface area (Å²) in [6.45, 7) is 1.52. The number of carbonyl (C=O) groups excluding carboxylic acids is 1. The first-order valence-electron chi connectivity index (χ1n) is 2.26. The number of carboxylic acids is 1. The minimum Gasteiger partial charge on any atom is -0.542 e. The van der Waals surface area contributed by atoms with Crippen molar-refractivity contribution in [3.8, 4) is 0 Å². The van der Waals surface area contributed by atoms with Crippen LogP contribution in [-0.2, 0) is 42.3 Å². The Balaban J connectivity index is -0.000000245. The van der Waals surface area contributed by atoms with Crippen LogP contribution in [0.15, 0.2) is 0 Å². The maximum Gasteiger partial charge on any atom is 0.301 e. The van der Waals surface area contributed by atoms with Gasteiger partial charge in [0.1, 0.15) is 0 Å². The zero-order chi connectivity index (χ0) is 6.57. The molecular weight excluding hydrogens is 209 g/mol. The van der Waals surface area contributed by atoms with Gasteiger partial charge in [-0.05, 0) is 0 Å². The van der Waals surface area contributed by atoms with Gasteiger partial charge in [-0.3, -0.25) is 11.1 Å². The second-order valence-electron chi connectivity index (χ2n) is 1.62. The zero-order valence-corrected chi connectivity index (χ0v) is 8.96. The smallest absolute Gasteiger partial charge is 0.301 e. The standard InChI is InChI=1S/C5H7O3.CH3.Y/c1-4(3-6)2-5(7)8;;/h4H,2H2,1H3,(H,7,8);1H3;/q2*-1;. The molecule has 0 spiro atoms. The summed E-state index contributed by atoms with van der Waals surface area (Å²) in [6.07, 6.45) is 1.44. The fourth-order valence-electron chi connectivity index (χ4n) is 0.304. The molecular formula is C6H10O3Y-2. The molecule has 1 N–H and O–H groups in total. The van der Waals surface area contributed by atoms with Crippen LogP contribution in [0.25, 0.3) is 0 Å². The number of rotatable bonds is 3. The van der Waals surface area contributed by atoms with Crippen molar-refractivity contribution in [2.24, 2.45) is 5.92 Å². The van der Waals surface area contributed by atoms with Gasteiger partial charge in [0.2, 0.25) is 0 Å². The van der Waals surface area contributed by atoms with Crippen molar-refractivity contribution in [2.45, 2.75) is 13.3 Å². The van der Waals surface area contributed by atoms with E-state index in [0.29, 0.717) is 0 Å². The summed E-state index contributed by atoms with van der Waals surface area (Å²) in [4.78, 5) is 19.4. The molecule has 57 valence electrons. The van der Waals surface area contributed by atoms with Gasteiger partial charge < -0.3 is 17.3 Å². The molecule has 0 aliphatic heterocycles. The Morgan fingerprint density at radius 2 is 2.10 bits per heavy atom. The summed E-state index contributed by atoms with van der Waals surface area (Å²) in [5.74, 6) is -1.44. The topological polar surface area (TPSA) is 54.4 Å². The normalized spacial score (nSPS) is 10.1. The van der Waals surface area contributed by atoms with Crippen LogP contribution in [0.5, 0.6) is 0 Å². The van der Waals surface area contributed by atoms with Crippen LogP contribution in [0.2, 0.25) is 0 Å². The van der Waals surface area contributed by atoms with Crippen molar-refractivity contribution in [1.29, 1.82) is 0 Å². The maximum atomic E-state index is 9.79. The first kappa shape index (κ1) is 16.7. The molecule has 3 nitrogen and oxygen atoms in total. The third-order valence-corrected chi connectivity index (χ3v) is 0.682. The maximum absolute atomic E-state index is 9.79. The molecule has 0 rings (SSSR count). The number of carbonyl (C=O) groups is 1.